The summed E-state index contributed by atoms with van der Waals surface area (Å²) in [5, 5.41) is 2.92. The van der Waals surface area contributed by atoms with Crippen LogP contribution in [0.25, 0.3) is 0 Å². The number of rotatable bonds is 4. The average Bonchev–Trinajstić information content (AvgIpc) is 2.62. The molecule has 0 aromatic rings. The molecule has 0 radical (unpaired) electrons. The Morgan fingerprint density at radius 2 is 2.08 bits per heavy atom. The second-order valence-corrected chi connectivity index (χ2v) is 5.25. The van der Waals surface area contributed by atoms with Gasteiger partial charge in [-0.2, -0.15) is 0 Å². The van der Waals surface area contributed by atoms with Gasteiger partial charge in [0.25, 0.3) is 0 Å². The van der Waals surface area contributed by atoms with Crippen molar-refractivity contribution in [1.29, 1.82) is 0 Å². The summed E-state index contributed by atoms with van der Waals surface area (Å²) < 4.78 is 0. The van der Waals surface area contributed by atoms with E-state index in [1.807, 2.05) is 13.8 Å². The first-order chi connectivity index (χ1) is 5.81. The predicted molar refractivity (Wildman–Crippen MR) is 53.2 cm³/mol. The average molecular weight is 184 g/mol. The van der Waals surface area contributed by atoms with Crippen LogP contribution in [0.15, 0.2) is 0 Å². The molecule has 0 unspecified atom stereocenters. The van der Waals surface area contributed by atoms with Crippen LogP contribution in [0.5, 0.6) is 0 Å². The van der Waals surface area contributed by atoms with E-state index in [4.69, 9.17) is 5.73 Å². The first-order valence-corrected chi connectivity index (χ1v) is 4.86. The molecule has 1 amide bonds. The maximum Gasteiger partial charge on any atom is 0.221 e. The lowest BCUT2D eigenvalue weighted by molar-refractivity contribution is -0.122. The van der Waals surface area contributed by atoms with Crippen LogP contribution in [-0.2, 0) is 4.79 Å². The highest BCUT2D eigenvalue weighted by atomic mass is 16.1. The van der Waals surface area contributed by atoms with E-state index in [1.165, 1.54) is 12.8 Å². The van der Waals surface area contributed by atoms with Crippen LogP contribution in [-0.4, -0.2) is 18.0 Å². The Labute approximate surface area is 80.1 Å². The fourth-order valence-corrected chi connectivity index (χ4v) is 1.18. The molecule has 0 saturated heterocycles. The predicted octanol–water partition coefficient (Wildman–Crippen LogP) is 1.03. The minimum atomic E-state index is -0.394. The van der Waals surface area contributed by atoms with Crippen molar-refractivity contribution in [3.8, 4) is 0 Å². The highest BCUT2D eigenvalue weighted by molar-refractivity contribution is 5.77. The molecule has 3 N–H and O–H groups in total. The molecular weight excluding hydrogens is 164 g/mol. The largest absolute Gasteiger partial charge is 0.355 e. The van der Waals surface area contributed by atoms with E-state index >= 15 is 0 Å². The molecule has 0 bridgehead atoms. The number of hydrogen-bond donors (Lipinski definition) is 2. The van der Waals surface area contributed by atoms with E-state index in [0.29, 0.717) is 11.8 Å². The number of nitrogens with one attached hydrogen (secondary N) is 1. The Hall–Kier alpha value is -0.570. The summed E-state index contributed by atoms with van der Waals surface area (Å²) >= 11 is 0. The number of nitrogens with two attached hydrogens (primary N) is 1. The van der Waals surface area contributed by atoms with Gasteiger partial charge in [0.15, 0.2) is 0 Å². The normalized spacial score (nSPS) is 19.7. The minimum Gasteiger partial charge on any atom is -0.355 e. The Balaban J connectivity index is 2.18. The summed E-state index contributed by atoms with van der Waals surface area (Å²) in [6.45, 7) is 6.74. The number of hydrogen-bond acceptors (Lipinski definition) is 2. The Bertz CT molecular complexity index is 201. The van der Waals surface area contributed by atoms with Crippen molar-refractivity contribution in [2.75, 3.05) is 6.54 Å². The van der Waals surface area contributed by atoms with Crippen molar-refractivity contribution in [3.05, 3.63) is 0 Å². The molecule has 1 saturated carbocycles. The Morgan fingerprint density at radius 1 is 1.54 bits per heavy atom. The lowest BCUT2D eigenvalue weighted by Crippen LogP contribution is -2.40. The number of carbonyl (C=O) groups excluding carboxylic acids is 1. The zero-order chi connectivity index (χ0) is 10.1. The molecular formula is C10H20N2O. The van der Waals surface area contributed by atoms with Crippen molar-refractivity contribution >= 4 is 5.91 Å². The molecule has 13 heavy (non-hydrogen) atoms. The molecule has 0 aliphatic heterocycles. The molecule has 76 valence electrons. The lowest BCUT2D eigenvalue weighted by Gasteiger charge is -2.18. The first kappa shape index (κ1) is 10.5. The van der Waals surface area contributed by atoms with Gasteiger partial charge in [-0.3, -0.25) is 4.79 Å². The highest BCUT2D eigenvalue weighted by Gasteiger charge is 2.37. The van der Waals surface area contributed by atoms with Crippen molar-refractivity contribution in [2.45, 2.75) is 45.6 Å². The summed E-state index contributed by atoms with van der Waals surface area (Å²) in [7, 11) is 0. The van der Waals surface area contributed by atoms with Gasteiger partial charge in [0.2, 0.25) is 5.91 Å². The molecule has 0 aromatic carbocycles. The van der Waals surface area contributed by atoms with E-state index in [2.05, 4.69) is 12.2 Å². The van der Waals surface area contributed by atoms with E-state index in [-0.39, 0.29) is 5.91 Å². The smallest absolute Gasteiger partial charge is 0.221 e. The maximum atomic E-state index is 11.3. The minimum absolute atomic E-state index is 0.0700. The third-order valence-electron chi connectivity index (χ3n) is 2.43. The monoisotopic (exact) mass is 184 g/mol. The molecule has 0 aromatic heterocycles. The number of carbonyl (C=O) groups is 1. The van der Waals surface area contributed by atoms with Crippen LogP contribution in [0.3, 0.4) is 0 Å². The fourth-order valence-electron chi connectivity index (χ4n) is 1.18. The van der Waals surface area contributed by atoms with Crippen molar-refractivity contribution in [3.63, 3.8) is 0 Å². The Kier molecular flexibility index (Phi) is 2.66. The zero-order valence-electron chi connectivity index (χ0n) is 8.81. The Morgan fingerprint density at radius 3 is 2.46 bits per heavy atom. The van der Waals surface area contributed by atoms with Crippen LogP contribution in [0.2, 0.25) is 0 Å². The molecule has 0 heterocycles. The third kappa shape index (κ3) is 4.27. The summed E-state index contributed by atoms with van der Waals surface area (Å²) in [6, 6.07) is 0. The van der Waals surface area contributed by atoms with Gasteiger partial charge in [-0.15, -0.1) is 0 Å². The van der Waals surface area contributed by atoms with Crippen LogP contribution in [0.1, 0.15) is 40.0 Å². The topological polar surface area (TPSA) is 55.1 Å². The number of amides is 1. The summed E-state index contributed by atoms with van der Waals surface area (Å²) in [4.78, 5) is 11.3. The van der Waals surface area contributed by atoms with Crippen molar-refractivity contribution in [1.82, 2.24) is 5.32 Å². The molecule has 0 atom stereocenters. The van der Waals surface area contributed by atoms with E-state index in [9.17, 15) is 4.79 Å². The van der Waals surface area contributed by atoms with E-state index < -0.39 is 5.54 Å². The van der Waals surface area contributed by atoms with Crippen LogP contribution >= 0.6 is 0 Å². The van der Waals surface area contributed by atoms with Gasteiger partial charge in [-0.05, 0) is 32.1 Å². The third-order valence-corrected chi connectivity index (χ3v) is 2.43. The summed E-state index contributed by atoms with van der Waals surface area (Å²) in [5.74, 6) is 0.0700. The van der Waals surface area contributed by atoms with Crippen LogP contribution < -0.4 is 11.1 Å². The van der Waals surface area contributed by atoms with Crippen molar-refractivity contribution < 1.29 is 4.79 Å². The maximum absolute atomic E-state index is 11.3. The molecule has 0 spiro atoms. The van der Waals surface area contributed by atoms with Gasteiger partial charge in [0, 0.05) is 18.5 Å². The molecule has 1 rings (SSSR count). The highest BCUT2D eigenvalue weighted by Crippen LogP contribution is 2.44. The van der Waals surface area contributed by atoms with E-state index in [1.54, 1.807) is 0 Å². The van der Waals surface area contributed by atoms with Crippen LogP contribution in [0, 0.1) is 5.41 Å². The second-order valence-electron chi connectivity index (χ2n) is 5.25. The van der Waals surface area contributed by atoms with Gasteiger partial charge in [0.1, 0.15) is 0 Å². The molecule has 1 fully saturated rings. The second kappa shape index (κ2) is 3.29. The van der Waals surface area contributed by atoms with Gasteiger partial charge >= 0.3 is 0 Å². The lowest BCUT2D eigenvalue weighted by atomic mass is 10.0. The summed E-state index contributed by atoms with van der Waals surface area (Å²) in [5.41, 5.74) is 5.72. The van der Waals surface area contributed by atoms with Gasteiger partial charge < -0.3 is 11.1 Å². The van der Waals surface area contributed by atoms with Crippen LogP contribution in [0.4, 0.5) is 0 Å². The van der Waals surface area contributed by atoms with Gasteiger partial charge in [0.05, 0.1) is 0 Å². The van der Waals surface area contributed by atoms with E-state index in [0.717, 1.165) is 6.54 Å². The molecule has 3 heteroatoms. The molecule has 3 nitrogen and oxygen atoms in total. The summed E-state index contributed by atoms with van der Waals surface area (Å²) in [6.07, 6.45) is 2.88. The molecule has 1 aliphatic carbocycles. The first-order valence-electron chi connectivity index (χ1n) is 4.86. The van der Waals surface area contributed by atoms with Gasteiger partial charge in [-0.1, -0.05) is 6.92 Å². The fraction of sp³-hybridized carbons (Fsp3) is 0.900. The standard InChI is InChI=1S/C10H20N2O/c1-9(2,11)6-8(13)12-7-10(3)4-5-10/h4-7,11H2,1-3H3,(H,12,13). The van der Waals surface area contributed by atoms with Crippen molar-refractivity contribution in [2.24, 2.45) is 11.1 Å². The quantitative estimate of drug-likeness (QED) is 0.685. The van der Waals surface area contributed by atoms with Gasteiger partial charge in [-0.25, -0.2) is 0 Å². The zero-order valence-corrected chi connectivity index (χ0v) is 8.81. The molecule has 1 aliphatic rings. The SMILES string of the molecule is CC(C)(N)CC(=O)NCC1(C)CC1.